The first-order chi connectivity index (χ1) is 9.70. The Bertz CT molecular complexity index is 585. The molecule has 0 aliphatic heterocycles. The molecule has 1 saturated carbocycles. The van der Waals surface area contributed by atoms with Gasteiger partial charge < -0.3 is 5.32 Å². The molecule has 1 N–H and O–H groups in total. The fourth-order valence-corrected chi connectivity index (χ4v) is 2.89. The maximum Gasteiger partial charge on any atom is 0.123 e. The first-order valence-electron chi connectivity index (χ1n) is 7.25. The summed E-state index contributed by atoms with van der Waals surface area (Å²) >= 11 is 0. The van der Waals surface area contributed by atoms with E-state index < -0.39 is 0 Å². The zero-order chi connectivity index (χ0) is 13.9. The molecule has 2 aromatic rings. The lowest BCUT2D eigenvalue weighted by Crippen LogP contribution is -2.39. The van der Waals surface area contributed by atoms with Gasteiger partial charge in [-0.05, 0) is 48.9 Å². The van der Waals surface area contributed by atoms with Crippen LogP contribution in [0.15, 0.2) is 48.5 Å². The predicted molar refractivity (Wildman–Crippen MR) is 80.2 cm³/mol. The minimum Gasteiger partial charge on any atom is -0.310 e. The van der Waals surface area contributed by atoms with Crippen LogP contribution in [0.3, 0.4) is 0 Å². The van der Waals surface area contributed by atoms with Gasteiger partial charge in [0.2, 0.25) is 0 Å². The van der Waals surface area contributed by atoms with Crippen LogP contribution < -0.4 is 5.32 Å². The highest BCUT2D eigenvalue weighted by atomic mass is 19.1. The van der Waals surface area contributed by atoms with E-state index in [0.29, 0.717) is 12.0 Å². The molecule has 104 valence electrons. The number of halogens is 1. The zero-order valence-electron chi connectivity index (χ0n) is 11.8. The topological polar surface area (TPSA) is 12.0 Å². The predicted octanol–water partition coefficient (Wildman–Crippen LogP) is 4.17. The molecule has 0 atom stereocenters. The maximum atomic E-state index is 13.1. The average molecular weight is 269 g/mol. The SMILES string of the molecule is Cc1cccc(C2CC(NCc3cccc(F)c3)C2)c1. The third-order valence-corrected chi connectivity index (χ3v) is 4.14. The van der Waals surface area contributed by atoms with Crippen molar-refractivity contribution in [1.29, 1.82) is 0 Å². The van der Waals surface area contributed by atoms with Crippen LogP contribution >= 0.6 is 0 Å². The summed E-state index contributed by atoms with van der Waals surface area (Å²) in [4.78, 5) is 0. The largest absolute Gasteiger partial charge is 0.310 e. The number of hydrogen-bond acceptors (Lipinski definition) is 1. The van der Waals surface area contributed by atoms with E-state index in [9.17, 15) is 4.39 Å². The van der Waals surface area contributed by atoms with E-state index in [-0.39, 0.29) is 5.82 Å². The van der Waals surface area contributed by atoms with Gasteiger partial charge in [-0.2, -0.15) is 0 Å². The van der Waals surface area contributed by atoms with Crippen molar-refractivity contribution in [3.63, 3.8) is 0 Å². The molecular formula is C18H20FN. The molecule has 0 unspecified atom stereocenters. The Morgan fingerprint density at radius 2 is 1.90 bits per heavy atom. The summed E-state index contributed by atoms with van der Waals surface area (Å²) in [5.74, 6) is 0.524. The van der Waals surface area contributed by atoms with Crippen LogP contribution in [0, 0.1) is 12.7 Å². The standard InChI is InChI=1S/C18H20FN/c1-13-4-2-6-15(8-13)16-10-18(11-16)20-12-14-5-3-7-17(19)9-14/h2-9,16,18,20H,10-12H2,1H3. The molecule has 0 spiro atoms. The Labute approximate surface area is 119 Å². The smallest absolute Gasteiger partial charge is 0.123 e. The Hall–Kier alpha value is -1.67. The first-order valence-corrected chi connectivity index (χ1v) is 7.25. The molecule has 1 nitrogen and oxygen atoms in total. The van der Waals surface area contributed by atoms with Gasteiger partial charge in [-0.15, -0.1) is 0 Å². The summed E-state index contributed by atoms with van der Waals surface area (Å²) < 4.78 is 13.1. The number of nitrogens with one attached hydrogen (secondary N) is 1. The van der Waals surface area contributed by atoms with Crippen molar-refractivity contribution in [3.05, 3.63) is 71.0 Å². The van der Waals surface area contributed by atoms with Crippen molar-refractivity contribution in [2.24, 2.45) is 0 Å². The van der Waals surface area contributed by atoms with Gasteiger partial charge in [-0.3, -0.25) is 0 Å². The van der Waals surface area contributed by atoms with Crippen LogP contribution in [-0.4, -0.2) is 6.04 Å². The summed E-state index contributed by atoms with van der Waals surface area (Å²) in [6.07, 6.45) is 2.36. The molecule has 2 heteroatoms. The van der Waals surface area contributed by atoms with Gasteiger partial charge in [-0.25, -0.2) is 4.39 Å². The minimum absolute atomic E-state index is 0.157. The second kappa shape index (κ2) is 5.76. The summed E-state index contributed by atoms with van der Waals surface area (Å²) in [5, 5.41) is 3.51. The van der Waals surface area contributed by atoms with Crippen molar-refractivity contribution in [2.45, 2.75) is 38.3 Å². The molecule has 3 rings (SSSR count). The number of rotatable bonds is 4. The maximum absolute atomic E-state index is 13.1. The van der Waals surface area contributed by atoms with Crippen molar-refractivity contribution in [1.82, 2.24) is 5.32 Å². The van der Waals surface area contributed by atoms with Gasteiger partial charge in [0.05, 0.1) is 0 Å². The molecule has 1 aliphatic rings. The number of benzene rings is 2. The van der Waals surface area contributed by atoms with E-state index >= 15 is 0 Å². The fraction of sp³-hybridized carbons (Fsp3) is 0.333. The molecule has 1 fully saturated rings. The van der Waals surface area contributed by atoms with Gasteiger partial charge in [0.25, 0.3) is 0 Å². The Morgan fingerprint density at radius 1 is 1.10 bits per heavy atom. The molecular weight excluding hydrogens is 249 g/mol. The van der Waals surface area contributed by atoms with E-state index in [1.165, 1.54) is 30.0 Å². The Morgan fingerprint density at radius 3 is 2.65 bits per heavy atom. The van der Waals surface area contributed by atoms with Crippen LogP contribution in [0.4, 0.5) is 4.39 Å². The van der Waals surface area contributed by atoms with Gasteiger partial charge >= 0.3 is 0 Å². The molecule has 0 amide bonds. The van der Waals surface area contributed by atoms with Crippen molar-refractivity contribution >= 4 is 0 Å². The average Bonchev–Trinajstić information content (AvgIpc) is 2.37. The summed E-state index contributed by atoms with van der Waals surface area (Å²) in [5.41, 5.74) is 3.80. The van der Waals surface area contributed by atoms with E-state index in [2.05, 4.69) is 36.5 Å². The molecule has 0 heterocycles. The van der Waals surface area contributed by atoms with Crippen molar-refractivity contribution in [2.75, 3.05) is 0 Å². The third-order valence-electron chi connectivity index (χ3n) is 4.14. The Kier molecular flexibility index (Phi) is 3.83. The van der Waals surface area contributed by atoms with Crippen molar-refractivity contribution in [3.8, 4) is 0 Å². The van der Waals surface area contributed by atoms with Crippen LogP contribution in [-0.2, 0) is 6.54 Å². The molecule has 2 aromatic carbocycles. The summed E-state index contributed by atoms with van der Waals surface area (Å²) in [6.45, 7) is 2.89. The van der Waals surface area contributed by atoms with Gasteiger partial charge in [0.1, 0.15) is 5.82 Å². The van der Waals surface area contributed by atoms with E-state index in [1.54, 1.807) is 12.1 Å². The van der Waals surface area contributed by atoms with E-state index in [0.717, 1.165) is 12.1 Å². The van der Waals surface area contributed by atoms with E-state index in [1.807, 2.05) is 6.07 Å². The highest BCUT2D eigenvalue weighted by Crippen LogP contribution is 2.37. The first kappa shape index (κ1) is 13.3. The normalized spacial score (nSPS) is 21.5. The molecule has 0 radical (unpaired) electrons. The second-order valence-corrected chi connectivity index (χ2v) is 5.79. The molecule has 0 bridgehead atoms. The zero-order valence-corrected chi connectivity index (χ0v) is 11.8. The molecule has 0 aromatic heterocycles. The van der Waals surface area contributed by atoms with E-state index in [4.69, 9.17) is 0 Å². The lowest BCUT2D eigenvalue weighted by Gasteiger charge is -2.36. The molecule has 1 aliphatic carbocycles. The Balaban J connectivity index is 1.49. The highest BCUT2D eigenvalue weighted by Gasteiger charge is 2.29. The molecule has 0 saturated heterocycles. The summed E-state index contributed by atoms with van der Waals surface area (Å²) in [7, 11) is 0. The number of aryl methyl sites for hydroxylation is 1. The lowest BCUT2D eigenvalue weighted by molar-refractivity contribution is 0.289. The monoisotopic (exact) mass is 269 g/mol. The van der Waals surface area contributed by atoms with Crippen LogP contribution in [0.2, 0.25) is 0 Å². The fourth-order valence-electron chi connectivity index (χ4n) is 2.89. The highest BCUT2D eigenvalue weighted by molar-refractivity contribution is 5.27. The van der Waals surface area contributed by atoms with Crippen LogP contribution in [0.25, 0.3) is 0 Å². The van der Waals surface area contributed by atoms with Crippen LogP contribution in [0.1, 0.15) is 35.4 Å². The van der Waals surface area contributed by atoms with Gasteiger partial charge in [0, 0.05) is 12.6 Å². The van der Waals surface area contributed by atoms with Gasteiger partial charge in [0.15, 0.2) is 0 Å². The molecule has 20 heavy (non-hydrogen) atoms. The quantitative estimate of drug-likeness (QED) is 0.878. The summed E-state index contributed by atoms with van der Waals surface area (Å²) in [6, 6.07) is 16.2. The van der Waals surface area contributed by atoms with Crippen LogP contribution in [0.5, 0.6) is 0 Å². The third kappa shape index (κ3) is 3.07. The van der Waals surface area contributed by atoms with Crippen molar-refractivity contribution < 1.29 is 4.39 Å². The van der Waals surface area contributed by atoms with Gasteiger partial charge in [-0.1, -0.05) is 42.0 Å². The second-order valence-electron chi connectivity index (χ2n) is 5.79. The minimum atomic E-state index is -0.157. The lowest BCUT2D eigenvalue weighted by atomic mass is 9.75. The number of hydrogen-bond donors (Lipinski definition) is 1.